The van der Waals surface area contributed by atoms with Crippen LogP contribution in [0.15, 0.2) is 41.5 Å². The van der Waals surface area contributed by atoms with Gasteiger partial charge in [-0.3, -0.25) is 9.69 Å². The fourth-order valence-corrected chi connectivity index (χ4v) is 3.75. The summed E-state index contributed by atoms with van der Waals surface area (Å²) in [5.41, 5.74) is 5.83. The van der Waals surface area contributed by atoms with Crippen molar-refractivity contribution in [1.29, 1.82) is 0 Å². The number of aromatic nitrogens is 1. The van der Waals surface area contributed by atoms with Crippen LogP contribution in [0.25, 0.3) is 0 Å². The third-order valence-corrected chi connectivity index (χ3v) is 5.32. The summed E-state index contributed by atoms with van der Waals surface area (Å²) in [4.78, 5) is 22.9. The largest absolute Gasteiger partial charge is 0.439 e. The Kier molecular flexibility index (Phi) is 4.50. The Labute approximate surface area is 162 Å². The Morgan fingerprint density at radius 1 is 1.39 bits per heavy atom. The number of amides is 1. The zero-order chi connectivity index (χ0) is 19.9. The number of nitrogens with two attached hydrogens (primary N) is 1. The molecule has 3 heterocycles. The molecule has 2 atom stereocenters. The maximum atomic E-state index is 14.9. The van der Waals surface area contributed by atoms with E-state index in [4.69, 9.17) is 15.2 Å². The van der Waals surface area contributed by atoms with Crippen molar-refractivity contribution in [2.24, 2.45) is 16.6 Å². The SMILES string of the molecule is Cc1cccnc1Oc1ccc(F)c([C@]23COCC[C@H]2C(=O)N(C)C(N)=N3)c1. The lowest BCUT2D eigenvalue weighted by Gasteiger charge is -2.45. The van der Waals surface area contributed by atoms with Crippen molar-refractivity contribution in [3.8, 4) is 11.6 Å². The second-order valence-electron chi connectivity index (χ2n) is 7.05. The number of ether oxygens (including phenoxy) is 2. The van der Waals surface area contributed by atoms with Gasteiger partial charge in [-0.15, -0.1) is 0 Å². The lowest BCUT2D eigenvalue weighted by Crippen LogP contribution is -2.58. The van der Waals surface area contributed by atoms with Gasteiger partial charge in [0.1, 0.15) is 17.1 Å². The highest BCUT2D eigenvalue weighted by Crippen LogP contribution is 2.44. The van der Waals surface area contributed by atoms with E-state index in [0.29, 0.717) is 24.7 Å². The second-order valence-corrected chi connectivity index (χ2v) is 7.05. The molecule has 0 radical (unpaired) electrons. The second kappa shape index (κ2) is 6.87. The molecule has 1 fully saturated rings. The highest BCUT2D eigenvalue weighted by atomic mass is 19.1. The molecule has 4 rings (SSSR count). The first-order chi connectivity index (χ1) is 13.4. The molecule has 146 valence electrons. The molecule has 0 bridgehead atoms. The average Bonchev–Trinajstić information content (AvgIpc) is 2.69. The predicted octanol–water partition coefficient (Wildman–Crippen LogP) is 2.34. The topological polar surface area (TPSA) is 90.0 Å². The van der Waals surface area contributed by atoms with E-state index in [-0.39, 0.29) is 24.0 Å². The number of benzene rings is 1. The lowest BCUT2D eigenvalue weighted by molar-refractivity contribution is -0.140. The highest BCUT2D eigenvalue weighted by molar-refractivity contribution is 6.00. The Morgan fingerprint density at radius 2 is 2.21 bits per heavy atom. The van der Waals surface area contributed by atoms with Crippen LogP contribution in [0.5, 0.6) is 11.6 Å². The van der Waals surface area contributed by atoms with Crippen LogP contribution in [-0.4, -0.2) is 42.0 Å². The number of hydrogen-bond acceptors (Lipinski definition) is 6. The molecule has 2 N–H and O–H groups in total. The molecular weight excluding hydrogens is 363 g/mol. The van der Waals surface area contributed by atoms with Gasteiger partial charge in [0.05, 0.1) is 12.5 Å². The molecule has 0 spiro atoms. The number of halogens is 1. The standard InChI is InChI=1S/C20H21FN4O3/c1-12-4-3-8-23-17(12)28-13-5-6-16(21)15(10-13)20-11-27-9-7-14(20)18(26)25(2)19(22)24-20/h3-6,8,10,14H,7,9,11H2,1-2H3,(H2,22,24)/t14-,20-/m0/s1. The van der Waals surface area contributed by atoms with E-state index >= 15 is 0 Å². The number of fused-ring (bicyclic) bond motifs is 1. The number of aryl methyl sites for hydroxylation is 1. The first-order valence-electron chi connectivity index (χ1n) is 9.02. The van der Waals surface area contributed by atoms with E-state index in [1.807, 2.05) is 19.1 Å². The minimum atomic E-state index is -1.21. The van der Waals surface area contributed by atoms with Crippen LogP contribution in [0.4, 0.5) is 4.39 Å². The quantitative estimate of drug-likeness (QED) is 0.877. The fraction of sp³-hybridized carbons (Fsp3) is 0.350. The highest BCUT2D eigenvalue weighted by Gasteiger charge is 2.52. The van der Waals surface area contributed by atoms with Gasteiger partial charge < -0.3 is 15.2 Å². The van der Waals surface area contributed by atoms with Gasteiger partial charge in [-0.05, 0) is 37.6 Å². The summed E-state index contributed by atoms with van der Waals surface area (Å²) < 4.78 is 26.4. The number of nitrogens with zero attached hydrogens (tertiary/aromatic N) is 3. The smallest absolute Gasteiger partial charge is 0.235 e. The van der Waals surface area contributed by atoms with Gasteiger partial charge >= 0.3 is 0 Å². The predicted molar refractivity (Wildman–Crippen MR) is 100 cm³/mol. The molecule has 7 nitrogen and oxygen atoms in total. The van der Waals surface area contributed by atoms with Crippen molar-refractivity contribution < 1.29 is 18.7 Å². The van der Waals surface area contributed by atoms with Crippen LogP contribution >= 0.6 is 0 Å². The molecule has 1 aromatic carbocycles. The summed E-state index contributed by atoms with van der Waals surface area (Å²) in [5, 5.41) is 0. The number of carbonyl (C=O) groups is 1. The maximum Gasteiger partial charge on any atom is 0.235 e. The van der Waals surface area contributed by atoms with Gasteiger partial charge in [-0.1, -0.05) is 6.07 Å². The van der Waals surface area contributed by atoms with Gasteiger partial charge in [-0.2, -0.15) is 0 Å². The molecule has 0 saturated carbocycles. The summed E-state index contributed by atoms with van der Waals surface area (Å²) in [6.07, 6.45) is 2.06. The van der Waals surface area contributed by atoms with Gasteiger partial charge in [0.25, 0.3) is 0 Å². The molecular formula is C20H21FN4O3. The van der Waals surface area contributed by atoms with Gasteiger partial charge in [-0.25, -0.2) is 14.4 Å². The minimum Gasteiger partial charge on any atom is -0.439 e. The molecule has 28 heavy (non-hydrogen) atoms. The molecule has 2 aliphatic rings. The number of rotatable bonds is 3. The van der Waals surface area contributed by atoms with Crippen LogP contribution in [0.1, 0.15) is 17.5 Å². The van der Waals surface area contributed by atoms with Gasteiger partial charge in [0.15, 0.2) is 5.96 Å². The Bertz CT molecular complexity index is 964. The molecule has 1 amide bonds. The van der Waals surface area contributed by atoms with Crippen LogP contribution in [0, 0.1) is 18.7 Å². The summed E-state index contributed by atoms with van der Waals surface area (Å²) in [6, 6.07) is 8.06. The summed E-state index contributed by atoms with van der Waals surface area (Å²) in [5.74, 6) is -0.372. The number of hydrogen-bond donors (Lipinski definition) is 1. The van der Waals surface area contributed by atoms with Crippen molar-refractivity contribution in [2.45, 2.75) is 18.9 Å². The minimum absolute atomic E-state index is 0.0399. The van der Waals surface area contributed by atoms with Crippen molar-refractivity contribution in [3.05, 3.63) is 53.5 Å². The van der Waals surface area contributed by atoms with E-state index in [9.17, 15) is 9.18 Å². The number of pyridine rings is 1. The normalized spacial score (nSPS) is 24.5. The molecule has 8 heteroatoms. The molecule has 0 aliphatic carbocycles. The number of aliphatic imine (C=N–C) groups is 1. The number of carbonyl (C=O) groups excluding carboxylic acids is 1. The van der Waals surface area contributed by atoms with E-state index in [1.165, 1.54) is 17.0 Å². The molecule has 1 aromatic heterocycles. The third kappa shape index (κ3) is 2.90. The molecule has 1 saturated heterocycles. The fourth-order valence-electron chi connectivity index (χ4n) is 3.75. The zero-order valence-electron chi connectivity index (χ0n) is 15.7. The van der Waals surface area contributed by atoms with Crippen molar-refractivity contribution in [1.82, 2.24) is 9.88 Å². The van der Waals surface area contributed by atoms with E-state index < -0.39 is 17.3 Å². The third-order valence-electron chi connectivity index (χ3n) is 5.32. The van der Waals surface area contributed by atoms with E-state index in [2.05, 4.69) is 9.98 Å². The Hall–Kier alpha value is -3.00. The first kappa shape index (κ1) is 18.4. The van der Waals surface area contributed by atoms with Crippen molar-refractivity contribution in [3.63, 3.8) is 0 Å². The first-order valence-corrected chi connectivity index (χ1v) is 9.02. The summed E-state index contributed by atoms with van der Waals surface area (Å²) >= 11 is 0. The lowest BCUT2D eigenvalue weighted by atomic mass is 9.74. The van der Waals surface area contributed by atoms with Gasteiger partial charge in [0, 0.05) is 31.0 Å². The molecule has 2 aromatic rings. The van der Waals surface area contributed by atoms with Crippen LogP contribution < -0.4 is 10.5 Å². The van der Waals surface area contributed by atoms with Gasteiger partial charge in [0.2, 0.25) is 11.8 Å². The summed E-state index contributed by atoms with van der Waals surface area (Å²) in [7, 11) is 1.57. The molecule has 0 unspecified atom stereocenters. The average molecular weight is 384 g/mol. The zero-order valence-corrected chi connectivity index (χ0v) is 15.7. The monoisotopic (exact) mass is 384 g/mol. The van der Waals surface area contributed by atoms with Crippen LogP contribution in [0.2, 0.25) is 0 Å². The Morgan fingerprint density at radius 3 is 3.00 bits per heavy atom. The summed E-state index contributed by atoms with van der Waals surface area (Å²) in [6.45, 7) is 2.35. The van der Waals surface area contributed by atoms with E-state index in [1.54, 1.807) is 19.3 Å². The number of guanidine groups is 1. The van der Waals surface area contributed by atoms with Crippen molar-refractivity contribution in [2.75, 3.05) is 20.3 Å². The van der Waals surface area contributed by atoms with E-state index in [0.717, 1.165) is 5.56 Å². The Balaban J connectivity index is 1.81. The van der Waals surface area contributed by atoms with Crippen LogP contribution in [-0.2, 0) is 15.1 Å². The molecule has 2 aliphatic heterocycles. The van der Waals surface area contributed by atoms with Crippen LogP contribution in [0.3, 0.4) is 0 Å². The van der Waals surface area contributed by atoms with Crippen molar-refractivity contribution >= 4 is 11.9 Å². The maximum absolute atomic E-state index is 14.9.